The second-order valence-corrected chi connectivity index (χ2v) is 10.7. The molecule has 0 aliphatic heterocycles. The lowest BCUT2D eigenvalue weighted by molar-refractivity contribution is -0.191. The van der Waals surface area contributed by atoms with E-state index < -0.39 is 40.0 Å². The highest BCUT2D eigenvalue weighted by Crippen LogP contribution is 2.30. The fourth-order valence-electron chi connectivity index (χ4n) is 2.91. The number of carbonyl (C=O) groups excluding carboxylic acids is 1. The van der Waals surface area contributed by atoms with E-state index in [4.69, 9.17) is 0 Å². The third-order valence-corrected chi connectivity index (χ3v) is 6.67. The zero-order valence-electron chi connectivity index (χ0n) is 17.5. The van der Waals surface area contributed by atoms with Crippen LogP contribution in [0, 0.1) is 0 Å². The molecule has 6 N–H and O–H groups in total. The number of amides is 1. The van der Waals surface area contributed by atoms with Gasteiger partial charge in [-0.2, -0.15) is 11.8 Å². The molecule has 178 valence electrons. The van der Waals surface area contributed by atoms with Crippen LogP contribution in [-0.2, 0) is 10.0 Å². The molecule has 0 fully saturated rings. The van der Waals surface area contributed by atoms with Gasteiger partial charge in [0.1, 0.15) is 17.9 Å². The highest BCUT2D eigenvalue weighted by atomic mass is 32.2. The van der Waals surface area contributed by atoms with Crippen LogP contribution in [0.1, 0.15) is 35.0 Å². The first kappa shape index (κ1) is 26.5. The number of rotatable bonds is 12. The Morgan fingerprint density at radius 2 is 1.91 bits per heavy atom. The number of thiazole rings is 1. The van der Waals surface area contributed by atoms with Gasteiger partial charge in [-0.15, -0.1) is 11.3 Å². The number of thioether (sulfide) groups is 1. The molecule has 13 heteroatoms. The molecule has 1 amide bonds. The number of nitrogens with zero attached hydrogens (tertiary/aromatic N) is 1. The number of aliphatic hydroxyl groups excluding tert-OH is 3. The first-order valence-electron chi connectivity index (χ1n) is 9.54. The molecule has 4 atom stereocenters. The molecule has 0 bridgehead atoms. The van der Waals surface area contributed by atoms with Gasteiger partial charge >= 0.3 is 0 Å². The number of hydrogen-bond acceptors (Lipinski definition) is 10. The summed E-state index contributed by atoms with van der Waals surface area (Å²) in [5.41, 5.74) is -2.71. The molecule has 0 saturated heterocycles. The van der Waals surface area contributed by atoms with E-state index >= 15 is 0 Å². The Morgan fingerprint density at radius 3 is 2.50 bits per heavy atom. The molecule has 0 aliphatic rings. The summed E-state index contributed by atoms with van der Waals surface area (Å²) in [7, 11) is -3.61. The molecule has 10 nitrogen and oxygen atoms in total. The smallest absolute Gasteiger partial charge is 0.273 e. The van der Waals surface area contributed by atoms with Crippen LogP contribution in [0.25, 0.3) is 0 Å². The van der Waals surface area contributed by atoms with Crippen molar-refractivity contribution >= 4 is 44.2 Å². The number of aromatic nitrogens is 1. The highest BCUT2D eigenvalue weighted by Gasteiger charge is 2.48. The van der Waals surface area contributed by atoms with Gasteiger partial charge in [0.25, 0.3) is 5.91 Å². The van der Waals surface area contributed by atoms with Gasteiger partial charge in [0.05, 0.1) is 12.4 Å². The minimum atomic E-state index is -3.61. The molecule has 1 heterocycles. The molecule has 32 heavy (non-hydrogen) atoms. The van der Waals surface area contributed by atoms with Crippen LogP contribution in [0.15, 0.2) is 35.7 Å². The fourth-order valence-corrected chi connectivity index (χ4v) is 4.91. The monoisotopic (exact) mass is 505 g/mol. The molecular formula is C19H27N3O7S3. The molecule has 0 aliphatic carbocycles. The largest absolute Gasteiger partial charge is 0.390 e. The summed E-state index contributed by atoms with van der Waals surface area (Å²) in [4.78, 5) is 16.6. The predicted molar refractivity (Wildman–Crippen MR) is 124 cm³/mol. The summed E-state index contributed by atoms with van der Waals surface area (Å²) < 4.78 is 24.8. The summed E-state index contributed by atoms with van der Waals surface area (Å²) in [6.07, 6.45) is -1.68. The summed E-state index contributed by atoms with van der Waals surface area (Å²) in [6, 6.07) is 7.88. The van der Waals surface area contributed by atoms with Gasteiger partial charge in [-0.3, -0.25) is 9.52 Å². The van der Waals surface area contributed by atoms with Crippen molar-refractivity contribution in [3.8, 4) is 0 Å². The number of aliphatic hydroxyl groups is 4. The molecule has 4 unspecified atom stereocenters. The third kappa shape index (κ3) is 7.13. The minimum Gasteiger partial charge on any atom is -0.390 e. The zero-order chi connectivity index (χ0) is 23.9. The fraction of sp³-hybridized carbons (Fsp3) is 0.474. The van der Waals surface area contributed by atoms with Crippen LogP contribution in [0.3, 0.4) is 0 Å². The van der Waals surface area contributed by atoms with E-state index in [-0.39, 0.29) is 22.8 Å². The molecule has 2 rings (SSSR count). The SMILES string of the molecule is CSCCCC(O)C(O)C(O)(NC(=O)c1csc(NS(C)(=O)=O)n1)C(O)c1ccccc1. The number of carbonyl (C=O) groups is 1. The lowest BCUT2D eigenvalue weighted by Crippen LogP contribution is -2.63. The number of anilines is 1. The predicted octanol–water partition coefficient (Wildman–Crippen LogP) is 0.532. The zero-order valence-corrected chi connectivity index (χ0v) is 20.0. The van der Waals surface area contributed by atoms with E-state index in [1.165, 1.54) is 17.5 Å². The van der Waals surface area contributed by atoms with Gasteiger partial charge in [0.15, 0.2) is 10.9 Å². The number of benzene rings is 1. The Balaban J connectivity index is 2.30. The van der Waals surface area contributed by atoms with Gasteiger partial charge in [0, 0.05) is 5.38 Å². The van der Waals surface area contributed by atoms with Crippen molar-refractivity contribution in [2.75, 3.05) is 23.0 Å². The van der Waals surface area contributed by atoms with Crippen LogP contribution >= 0.6 is 23.1 Å². The maximum atomic E-state index is 12.8. The maximum Gasteiger partial charge on any atom is 0.273 e. The molecular weight excluding hydrogens is 478 g/mol. The highest BCUT2D eigenvalue weighted by molar-refractivity contribution is 7.98. The van der Waals surface area contributed by atoms with Gasteiger partial charge in [0.2, 0.25) is 10.0 Å². The molecule has 0 radical (unpaired) electrons. The van der Waals surface area contributed by atoms with Crippen LogP contribution in [0.5, 0.6) is 0 Å². The molecule has 0 spiro atoms. The van der Waals surface area contributed by atoms with E-state index in [9.17, 15) is 33.6 Å². The van der Waals surface area contributed by atoms with Crippen LogP contribution < -0.4 is 10.0 Å². The van der Waals surface area contributed by atoms with Crippen molar-refractivity contribution in [3.05, 3.63) is 47.0 Å². The number of nitrogens with one attached hydrogen (secondary N) is 2. The van der Waals surface area contributed by atoms with E-state index in [0.29, 0.717) is 12.2 Å². The first-order valence-corrected chi connectivity index (χ1v) is 13.7. The van der Waals surface area contributed by atoms with Gasteiger partial charge in [-0.25, -0.2) is 13.4 Å². The Labute approximate surface area is 194 Å². The second kappa shape index (κ2) is 11.4. The van der Waals surface area contributed by atoms with Gasteiger partial charge < -0.3 is 25.7 Å². The Hall–Kier alpha value is -1.74. The number of hydrogen-bond donors (Lipinski definition) is 6. The van der Waals surface area contributed by atoms with Crippen molar-refractivity contribution in [1.29, 1.82) is 0 Å². The van der Waals surface area contributed by atoms with Crippen LogP contribution in [0.2, 0.25) is 0 Å². The Bertz CT molecular complexity index is 987. The van der Waals surface area contributed by atoms with Crippen molar-refractivity contribution in [2.24, 2.45) is 0 Å². The first-order chi connectivity index (χ1) is 15.0. The van der Waals surface area contributed by atoms with Crippen molar-refractivity contribution in [3.63, 3.8) is 0 Å². The lowest BCUT2D eigenvalue weighted by Gasteiger charge is -2.39. The van der Waals surface area contributed by atoms with Crippen molar-refractivity contribution < 1.29 is 33.6 Å². The molecule has 1 aromatic carbocycles. The Morgan fingerprint density at radius 1 is 1.25 bits per heavy atom. The van der Waals surface area contributed by atoms with E-state index in [2.05, 4.69) is 15.0 Å². The van der Waals surface area contributed by atoms with Crippen LogP contribution in [-0.4, -0.2) is 75.9 Å². The topological polar surface area (TPSA) is 169 Å². The van der Waals surface area contributed by atoms with Gasteiger partial charge in [-0.1, -0.05) is 30.3 Å². The van der Waals surface area contributed by atoms with E-state index in [1.54, 1.807) is 30.0 Å². The third-order valence-electron chi connectivity index (χ3n) is 4.52. The standard InChI is InChI=1S/C19H27N3O7S3/c1-30-10-6-9-14(23)16(25)19(27,15(24)12-7-4-3-5-8-12)21-17(26)13-11-31-18(20-13)22-32(2,28)29/h3-5,7-8,11,14-16,23-25,27H,6,9-10H2,1-2H3,(H,20,22)(H,21,26). The normalized spacial score (nSPS) is 16.6. The Kier molecular flexibility index (Phi) is 9.45. The van der Waals surface area contributed by atoms with Gasteiger partial charge in [-0.05, 0) is 30.4 Å². The lowest BCUT2D eigenvalue weighted by atomic mass is 9.89. The average molecular weight is 506 g/mol. The second-order valence-electron chi connectivity index (χ2n) is 7.15. The summed E-state index contributed by atoms with van der Waals surface area (Å²) in [5.74, 6) is -0.263. The van der Waals surface area contributed by atoms with Crippen molar-refractivity contribution in [1.82, 2.24) is 10.3 Å². The average Bonchev–Trinajstić information content (AvgIpc) is 3.20. The molecule has 2 aromatic rings. The number of sulfonamides is 1. The van der Waals surface area contributed by atoms with Crippen molar-refractivity contribution in [2.45, 2.75) is 36.9 Å². The van der Waals surface area contributed by atoms with E-state index in [0.717, 1.165) is 17.6 Å². The molecule has 0 saturated carbocycles. The minimum absolute atomic E-state index is 0.0672. The maximum absolute atomic E-state index is 12.8. The van der Waals surface area contributed by atoms with E-state index in [1.807, 2.05) is 6.26 Å². The summed E-state index contributed by atoms with van der Waals surface area (Å²) in [6.45, 7) is 0. The quantitative estimate of drug-likeness (QED) is 0.178. The summed E-state index contributed by atoms with van der Waals surface area (Å²) in [5, 5.41) is 46.6. The summed E-state index contributed by atoms with van der Waals surface area (Å²) >= 11 is 2.39. The van der Waals surface area contributed by atoms with Crippen LogP contribution in [0.4, 0.5) is 5.13 Å². The molecule has 1 aromatic heterocycles.